The minimum Gasteiger partial charge on any atom is -0.493 e. The number of ether oxygens (including phenoxy) is 2. The van der Waals surface area contributed by atoms with Crippen molar-refractivity contribution in [3.8, 4) is 11.5 Å². The van der Waals surface area contributed by atoms with Crippen LogP contribution in [0.15, 0.2) is 34.2 Å². The molecule has 7 heteroatoms. The third-order valence-corrected chi connectivity index (χ3v) is 4.86. The monoisotopic (exact) mass is 375 g/mol. The molecule has 0 amide bonds. The van der Waals surface area contributed by atoms with E-state index >= 15 is 0 Å². The van der Waals surface area contributed by atoms with Gasteiger partial charge in [0, 0.05) is 24.9 Å². The predicted octanol–water partition coefficient (Wildman–Crippen LogP) is 3.72. The number of thiazole rings is 1. The number of oxime groups is 1. The van der Waals surface area contributed by atoms with E-state index in [0.29, 0.717) is 6.61 Å². The van der Waals surface area contributed by atoms with E-state index in [-0.39, 0.29) is 6.10 Å². The van der Waals surface area contributed by atoms with Crippen molar-refractivity contribution in [1.29, 1.82) is 0 Å². The van der Waals surface area contributed by atoms with Gasteiger partial charge in [-0.05, 0) is 31.2 Å². The maximum atomic E-state index is 5.98. The Morgan fingerprint density at radius 1 is 1.31 bits per heavy atom. The van der Waals surface area contributed by atoms with E-state index in [0.717, 1.165) is 54.4 Å². The van der Waals surface area contributed by atoms with Gasteiger partial charge in [-0.3, -0.25) is 4.90 Å². The van der Waals surface area contributed by atoms with Crippen molar-refractivity contribution in [3.05, 3.63) is 40.3 Å². The van der Waals surface area contributed by atoms with Crippen LogP contribution in [0.5, 0.6) is 11.5 Å². The molecule has 0 spiro atoms. The molecule has 1 aliphatic heterocycles. The van der Waals surface area contributed by atoms with Gasteiger partial charge < -0.3 is 14.3 Å². The molecule has 0 aliphatic carbocycles. The van der Waals surface area contributed by atoms with Crippen molar-refractivity contribution in [2.45, 2.75) is 39.0 Å². The van der Waals surface area contributed by atoms with Gasteiger partial charge in [-0.1, -0.05) is 18.1 Å². The predicted molar refractivity (Wildman–Crippen MR) is 103 cm³/mol. The Labute approximate surface area is 158 Å². The molecular formula is C19H25N3O3S. The summed E-state index contributed by atoms with van der Waals surface area (Å²) >= 11 is 1.62. The van der Waals surface area contributed by atoms with Crippen molar-refractivity contribution >= 4 is 17.0 Å². The van der Waals surface area contributed by atoms with E-state index in [4.69, 9.17) is 14.3 Å². The van der Waals surface area contributed by atoms with Gasteiger partial charge >= 0.3 is 0 Å². The lowest BCUT2D eigenvalue weighted by atomic mass is 10.1. The normalized spacial score (nSPS) is 16.5. The third kappa shape index (κ3) is 4.95. The van der Waals surface area contributed by atoms with Crippen LogP contribution in [0.4, 0.5) is 0 Å². The topological polar surface area (TPSA) is 56.2 Å². The smallest absolute Gasteiger partial charge is 0.166 e. The Hall–Kier alpha value is -2.12. The van der Waals surface area contributed by atoms with Crippen molar-refractivity contribution in [2.75, 3.05) is 20.8 Å². The van der Waals surface area contributed by atoms with E-state index < -0.39 is 0 Å². The number of benzene rings is 1. The molecule has 0 radical (unpaired) electrons. The van der Waals surface area contributed by atoms with Crippen molar-refractivity contribution in [3.63, 3.8) is 0 Å². The van der Waals surface area contributed by atoms with E-state index in [2.05, 4.69) is 40.5 Å². The standard InChI is InChI=1S/C19H25N3O3S/c1-4-15-8-17(25-21-15)11-24-19-7-14(5-6-18(19)23-3)9-22(2)10-16-12-26-13-20-16/h5-7,12-13,17H,4,8-11H2,1-3H3. The van der Waals surface area contributed by atoms with Gasteiger partial charge in [0.25, 0.3) is 0 Å². The SMILES string of the molecule is CCC1=NOC(COc2cc(CN(C)Cc3cscn3)ccc2OC)C1. The van der Waals surface area contributed by atoms with Gasteiger partial charge in [0.15, 0.2) is 17.6 Å². The van der Waals surface area contributed by atoms with Crippen LogP contribution < -0.4 is 9.47 Å². The molecule has 0 saturated heterocycles. The Bertz CT molecular complexity index is 734. The highest BCUT2D eigenvalue weighted by molar-refractivity contribution is 7.07. The first-order chi connectivity index (χ1) is 12.7. The second kappa shape index (κ2) is 9.00. The molecule has 1 unspecified atom stereocenters. The maximum absolute atomic E-state index is 5.98. The van der Waals surface area contributed by atoms with Crippen LogP contribution in [-0.2, 0) is 17.9 Å². The first kappa shape index (κ1) is 18.7. The summed E-state index contributed by atoms with van der Waals surface area (Å²) in [6, 6.07) is 6.05. The number of hydrogen-bond donors (Lipinski definition) is 0. The quantitative estimate of drug-likeness (QED) is 0.669. The largest absolute Gasteiger partial charge is 0.493 e. The fourth-order valence-electron chi connectivity index (χ4n) is 2.86. The van der Waals surface area contributed by atoms with E-state index in [1.54, 1.807) is 18.4 Å². The summed E-state index contributed by atoms with van der Waals surface area (Å²) in [5.41, 5.74) is 5.20. The number of methoxy groups -OCH3 is 1. The van der Waals surface area contributed by atoms with Gasteiger partial charge in [0.05, 0.1) is 24.0 Å². The molecule has 3 rings (SSSR count). The van der Waals surface area contributed by atoms with Crippen molar-refractivity contribution in [1.82, 2.24) is 9.88 Å². The molecule has 0 N–H and O–H groups in total. The minimum atomic E-state index is -0.0225. The second-order valence-corrected chi connectivity index (χ2v) is 7.11. The van der Waals surface area contributed by atoms with Gasteiger partial charge in [-0.25, -0.2) is 4.98 Å². The van der Waals surface area contributed by atoms with E-state index in [1.807, 2.05) is 17.6 Å². The van der Waals surface area contributed by atoms with Crippen LogP contribution in [0.1, 0.15) is 31.0 Å². The molecule has 0 bridgehead atoms. The highest BCUT2D eigenvalue weighted by atomic mass is 32.1. The van der Waals surface area contributed by atoms with E-state index in [1.165, 1.54) is 0 Å². The van der Waals surface area contributed by atoms with Gasteiger partial charge in [-0.2, -0.15) is 0 Å². The molecule has 140 valence electrons. The summed E-state index contributed by atoms with van der Waals surface area (Å²) in [6.45, 7) is 4.17. The first-order valence-corrected chi connectivity index (χ1v) is 9.69. The maximum Gasteiger partial charge on any atom is 0.166 e. The lowest BCUT2D eigenvalue weighted by molar-refractivity contribution is 0.0462. The zero-order chi connectivity index (χ0) is 18.4. The fourth-order valence-corrected chi connectivity index (χ4v) is 3.41. The summed E-state index contributed by atoms with van der Waals surface area (Å²) in [5.74, 6) is 1.46. The summed E-state index contributed by atoms with van der Waals surface area (Å²) in [7, 11) is 3.74. The molecule has 1 atom stereocenters. The second-order valence-electron chi connectivity index (χ2n) is 6.39. The summed E-state index contributed by atoms with van der Waals surface area (Å²) in [5, 5.41) is 6.15. The van der Waals surface area contributed by atoms with Crippen molar-refractivity contribution < 1.29 is 14.3 Å². The van der Waals surface area contributed by atoms with E-state index in [9.17, 15) is 0 Å². The Kier molecular flexibility index (Phi) is 6.46. The zero-order valence-electron chi connectivity index (χ0n) is 15.5. The molecule has 2 aromatic rings. The third-order valence-electron chi connectivity index (χ3n) is 4.22. The van der Waals surface area contributed by atoms with Crippen LogP contribution in [0.2, 0.25) is 0 Å². The van der Waals surface area contributed by atoms with Crippen LogP contribution in [0.25, 0.3) is 0 Å². The summed E-state index contributed by atoms with van der Waals surface area (Å²) < 4.78 is 11.4. The highest BCUT2D eigenvalue weighted by Gasteiger charge is 2.21. The fraction of sp³-hybridized carbons (Fsp3) is 0.474. The lowest BCUT2D eigenvalue weighted by Gasteiger charge is -2.18. The van der Waals surface area contributed by atoms with Crippen LogP contribution in [-0.4, -0.2) is 42.5 Å². The highest BCUT2D eigenvalue weighted by Crippen LogP contribution is 2.29. The summed E-state index contributed by atoms with van der Waals surface area (Å²) in [6.07, 6.45) is 1.72. The average Bonchev–Trinajstić information content (AvgIpc) is 3.31. The zero-order valence-corrected chi connectivity index (χ0v) is 16.3. The number of aromatic nitrogens is 1. The van der Waals surface area contributed by atoms with Crippen LogP contribution in [0.3, 0.4) is 0 Å². The Balaban J connectivity index is 1.59. The first-order valence-electron chi connectivity index (χ1n) is 8.74. The molecule has 26 heavy (non-hydrogen) atoms. The summed E-state index contributed by atoms with van der Waals surface area (Å²) in [4.78, 5) is 12.0. The molecule has 6 nitrogen and oxygen atoms in total. The average molecular weight is 375 g/mol. The number of nitrogens with zero attached hydrogens (tertiary/aromatic N) is 3. The molecule has 1 aromatic carbocycles. The van der Waals surface area contributed by atoms with Crippen LogP contribution in [0, 0.1) is 0 Å². The molecule has 0 fully saturated rings. The minimum absolute atomic E-state index is 0.0225. The molecule has 1 aromatic heterocycles. The Morgan fingerprint density at radius 2 is 2.19 bits per heavy atom. The van der Waals surface area contributed by atoms with Crippen LogP contribution >= 0.6 is 11.3 Å². The van der Waals surface area contributed by atoms with Gasteiger partial charge in [0.2, 0.25) is 0 Å². The molecule has 0 saturated carbocycles. The molecule has 2 heterocycles. The van der Waals surface area contributed by atoms with Crippen molar-refractivity contribution in [2.24, 2.45) is 5.16 Å². The van der Waals surface area contributed by atoms with Gasteiger partial charge in [-0.15, -0.1) is 11.3 Å². The number of rotatable bonds is 9. The Morgan fingerprint density at radius 3 is 2.88 bits per heavy atom. The lowest BCUT2D eigenvalue weighted by Crippen LogP contribution is -2.19. The molecular weight excluding hydrogens is 350 g/mol. The number of hydrogen-bond acceptors (Lipinski definition) is 7. The van der Waals surface area contributed by atoms with Gasteiger partial charge in [0.1, 0.15) is 6.61 Å². The molecule has 1 aliphatic rings.